The molecule has 0 saturated heterocycles. The normalized spacial score (nSPS) is 16.6. The van der Waals surface area contributed by atoms with Gasteiger partial charge in [-0.15, -0.1) is 0 Å². The molecular weight excluding hydrogens is 214 g/mol. The topological polar surface area (TPSA) is 74.6 Å². The number of carbonyl (C=O) groups is 2. The Morgan fingerprint density at radius 3 is 2.38 bits per heavy atom. The third kappa shape index (κ3) is 1.72. The summed E-state index contributed by atoms with van der Waals surface area (Å²) in [7, 11) is 1.49. The van der Waals surface area contributed by atoms with Crippen LogP contribution in [0, 0.1) is 0 Å². The smallest absolute Gasteiger partial charge is 0.336 e. The molecule has 0 radical (unpaired) electrons. The van der Waals surface area contributed by atoms with Crippen LogP contribution in [0.15, 0.2) is 29.2 Å². The van der Waals surface area contributed by atoms with Crippen molar-refractivity contribution in [2.75, 3.05) is 0 Å². The fraction of sp³-hybridized carbons (Fsp3) is 0.100. The molecule has 0 saturated carbocycles. The molecule has 2 rings (SSSR count). The van der Waals surface area contributed by atoms with Crippen LogP contribution < -0.4 is 15.0 Å². The Morgan fingerprint density at radius 1 is 1.06 bits per heavy atom. The number of fused-ring (bicyclic) bond motifs is 1. The summed E-state index contributed by atoms with van der Waals surface area (Å²) in [6, 6.07) is 1.38. The number of ether oxygens (including phenoxy) is 2. The molecule has 1 aromatic heterocycles. The molecule has 0 N–H and O–H groups in total. The predicted molar refractivity (Wildman–Crippen MR) is 52.1 cm³/mol. The molecule has 0 aliphatic carbocycles. The molecule has 0 unspecified atom stereocenters. The van der Waals surface area contributed by atoms with E-state index in [9.17, 15) is 14.4 Å². The minimum absolute atomic E-state index is 0.0641. The zero-order valence-corrected chi connectivity index (χ0v) is 8.30. The maximum Gasteiger partial charge on any atom is 0.336 e. The minimum Gasteiger partial charge on any atom is -0.419 e. The average Bonchev–Trinajstić information content (AvgIpc) is 2.24. The van der Waals surface area contributed by atoms with Crippen molar-refractivity contribution in [3.8, 4) is 11.5 Å². The molecule has 2 heterocycles. The van der Waals surface area contributed by atoms with Crippen molar-refractivity contribution in [3.63, 3.8) is 0 Å². The van der Waals surface area contributed by atoms with Crippen molar-refractivity contribution in [2.24, 2.45) is 7.05 Å². The van der Waals surface area contributed by atoms with Crippen LogP contribution in [0.4, 0.5) is 0 Å². The Labute approximate surface area is 89.7 Å². The van der Waals surface area contributed by atoms with E-state index in [4.69, 9.17) is 9.47 Å². The number of rotatable bonds is 0. The van der Waals surface area contributed by atoms with Gasteiger partial charge in [-0.1, -0.05) is 0 Å². The molecule has 0 aromatic carbocycles. The molecule has 6 nitrogen and oxygen atoms in total. The standard InChI is InChI=1S/C10H7NO5/c1-11-5-4-6-9(10(11)14)16-8(13)3-2-7(12)15-6/h2-5H,1H3/b3-2+. The van der Waals surface area contributed by atoms with Crippen LogP contribution in [0.5, 0.6) is 11.5 Å². The highest BCUT2D eigenvalue weighted by atomic mass is 16.6. The lowest BCUT2D eigenvalue weighted by molar-refractivity contribution is -0.133. The van der Waals surface area contributed by atoms with Crippen molar-refractivity contribution in [1.29, 1.82) is 0 Å². The van der Waals surface area contributed by atoms with Crippen LogP contribution in [-0.2, 0) is 16.6 Å². The molecule has 1 aliphatic rings. The number of aromatic nitrogens is 1. The van der Waals surface area contributed by atoms with Gasteiger partial charge in [0.25, 0.3) is 5.56 Å². The van der Waals surface area contributed by atoms with Crippen LogP contribution in [0.3, 0.4) is 0 Å². The molecule has 0 atom stereocenters. The Balaban J connectivity index is 2.60. The number of hydrogen-bond acceptors (Lipinski definition) is 5. The summed E-state index contributed by atoms with van der Waals surface area (Å²) in [4.78, 5) is 33.9. The number of carbonyl (C=O) groups excluding carboxylic acids is 2. The molecule has 6 heteroatoms. The highest BCUT2D eigenvalue weighted by Gasteiger charge is 2.19. The van der Waals surface area contributed by atoms with E-state index in [1.165, 1.54) is 23.9 Å². The Hall–Kier alpha value is -2.37. The molecular formula is C10H7NO5. The van der Waals surface area contributed by atoms with Gasteiger partial charge < -0.3 is 14.0 Å². The molecule has 0 fully saturated rings. The zero-order valence-electron chi connectivity index (χ0n) is 8.30. The van der Waals surface area contributed by atoms with Gasteiger partial charge in [-0.2, -0.15) is 0 Å². The zero-order chi connectivity index (χ0) is 11.7. The summed E-state index contributed by atoms with van der Waals surface area (Å²) in [5.74, 6) is -1.87. The Kier molecular flexibility index (Phi) is 2.32. The van der Waals surface area contributed by atoms with E-state index in [1.54, 1.807) is 0 Å². The maximum atomic E-state index is 11.6. The molecule has 0 bridgehead atoms. The van der Waals surface area contributed by atoms with E-state index in [1.807, 2.05) is 0 Å². The van der Waals surface area contributed by atoms with E-state index < -0.39 is 17.5 Å². The van der Waals surface area contributed by atoms with Crippen molar-refractivity contribution in [2.45, 2.75) is 0 Å². The first-order valence-electron chi connectivity index (χ1n) is 4.39. The van der Waals surface area contributed by atoms with Crippen LogP contribution in [0.1, 0.15) is 0 Å². The molecule has 1 aliphatic heterocycles. The molecule has 16 heavy (non-hydrogen) atoms. The first-order valence-corrected chi connectivity index (χ1v) is 4.39. The number of aryl methyl sites for hydroxylation is 1. The SMILES string of the molecule is Cn1ccc2c(c1=O)OC(=O)/C=C/C(=O)O2. The van der Waals surface area contributed by atoms with Gasteiger partial charge >= 0.3 is 11.9 Å². The third-order valence-electron chi connectivity index (χ3n) is 1.96. The van der Waals surface area contributed by atoms with Gasteiger partial charge in [-0.05, 0) is 0 Å². The minimum atomic E-state index is -0.791. The van der Waals surface area contributed by atoms with Gasteiger partial charge in [0.15, 0.2) is 5.75 Å². The quantitative estimate of drug-likeness (QED) is 0.565. The second kappa shape index (κ2) is 3.65. The number of nitrogens with zero attached hydrogens (tertiary/aromatic N) is 1. The lowest BCUT2D eigenvalue weighted by Crippen LogP contribution is -2.23. The fourth-order valence-corrected chi connectivity index (χ4v) is 1.18. The van der Waals surface area contributed by atoms with E-state index in [2.05, 4.69) is 0 Å². The largest absolute Gasteiger partial charge is 0.419 e. The fourth-order valence-electron chi connectivity index (χ4n) is 1.18. The van der Waals surface area contributed by atoms with E-state index in [0.29, 0.717) is 0 Å². The van der Waals surface area contributed by atoms with Crippen LogP contribution in [0.25, 0.3) is 0 Å². The van der Waals surface area contributed by atoms with Gasteiger partial charge in [-0.25, -0.2) is 9.59 Å². The lowest BCUT2D eigenvalue weighted by atomic mass is 10.3. The van der Waals surface area contributed by atoms with E-state index in [0.717, 1.165) is 12.2 Å². The Morgan fingerprint density at radius 2 is 1.69 bits per heavy atom. The Bertz CT molecular complexity index is 555. The second-order valence-corrected chi connectivity index (χ2v) is 3.10. The van der Waals surface area contributed by atoms with Gasteiger partial charge in [0, 0.05) is 31.5 Å². The van der Waals surface area contributed by atoms with E-state index >= 15 is 0 Å². The molecule has 0 amide bonds. The van der Waals surface area contributed by atoms with Gasteiger partial charge in [0.1, 0.15) is 0 Å². The van der Waals surface area contributed by atoms with Crippen LogP contribution in [0.2, 0.25) is 0 Å². The predicted octanol–water partition coefficient (Wildman–Crippen LogP) is -0.234. The van der Waals surface area contributed by atoms with Crippen molar-refractivity contribution >= 4 is 11.9 Å². The summed E-state index contributed by atoms with van der Waals surface area (Å²) in [6.45, 7) is 0. The second-order valence-electron chi connectivity index (χ2n) is 3.10. The number of hydrogen-bond donors (Lipinski definition) is 0. The first-order chi connectivity index (χ1) is 7.58. The molecule has 0 spiro atoms. The summed E-state index contributed by atoms with van der Waals surface area (Å²) >= 11 is 0. The van der Waals surface area contributed by atoms with Crippen molar-refractivity contribution in [3.05, 3.63) is 34.8 Å². The van der Waals surface area contributed by atoms with Crippen molar-refractivity contribution < 1.29 is 19.1 Å². The number of esters is 2. The summed E-state index contributed by atoms with van der Waals surface area (Å²) in [6.07, 6.45) is 3.24. The van der Waals surface area contributed by atoms with Crippen LogP contribution >= 0.6 is 0 Å². The summed E-state index contributed by atoms with van der Waals surface area (Å²) < 4.78 is 10.8. The summed E-state index contributed by atoms with van der Waals surface area (Å²) in [5, 5.41) is 0. The van der Waals surface area contributed by atoms with Crippen LogP contribution in [-0.4, -0.2) is 16.5 Å². The van der Waals surface area contributed by atoms with E-state index in [-0.39, 0.29) is 11.5 Å². The lowest BCUT2D eigenvalue weighted by Gasteiger charge is -2.10. The molecule has 82 valence electrons. The van der Waals surface area contributed by atoms with Crippen molar-refractivity contribution in [1.82, 2.24) is 4.57 Å². The van der Waals surface area contributed by atoms with Gasteiger partial charge in [0.2, 0.25) is 5.75 Å². The maximum absolute atomic E-state index is 11.6. The molecule has 1 aromatic rings. The highest BCUT2D eigenvalue weighted by molar-refractivity contribution is 5.95. The summed E-state index contributed by atoms with van der Waals surface area (Å²) in [5.41, 5.74) is -0.547. The average molecular weight is 221 g/mol. The van der Waals surface area contributed by atoms with Gasteiger partial charge in [-0.3, -0.25) is 4.79 Å². The monoisotopic (exact) mass is 221 g/mol. The third-order valence-corrected chi connectivity index (χ3v) is 1.96. The van der Waals surface area contributed by atoms with Gasteiger partial charge in [0.05, 0.1) is 0 Å². The number of pyridine rings is 1. The first kappa shape index (κ1) is 10.2. The highest BCUT2D eigenvalue weighted by Crippen LogP contribution is 2.23.